The van der Waals surface area contributed by atoms with Gasteiger partial charge in [0.15, 0.2) is 0 Å². The SMILES string of the molecule is CCN(CCCO)CCCCC(C)=O. The Hall–Kier alpha value is -0.410. The van der Waals surface area contributed by atoms with Crippen LogP contribution < -0.4 is 0 Å². The summed E-state index contributed by atoms with van der Waals surface area (Å²) in [5, 5.41) is 8.68. The first-order chi connectivity index (χ1) is 6.70. The van der Waals surface area contributed by atoms with E-state index in [2.05, 4.69) is 11.8 Å². The first kappa shape index (κ1) is 13.6. The fourth-order valence-corrected chi connectivity index (χ4v) is 1.43. The van der Waals surface area contributed by atoms with Crippen molar-refractivity contribution >= 4 is 5.78 Å². The third kappa shape index (κ3) is 8.20. The molecular formula is C11H23NO2. The van der Waals surface area contributed by atoms with Crippen molar-refractivity contribution in [3.8, 4) is 0 Å². The van der Waals surface area contributed by atoms with E-state index in [1.165, 1.54) is 0 Å². The number of hydrogen-bond donors (Lipinski definition) is 1. The first-order valence-corrected chi connectivity index (χ1v) is 5.53. The minimum atomic E-state index is 0.268. The highest BCUT2D eigenvalue weighted by atomic mass is 16.3. The van der Waals surface area contributed by atoms with Gasteiger partial charge in [0.2, 0.25) is 0 Å². The number of carbonyl (C=O) groups is 1. The molecule has 0 aromatic carbocycles. The smallest absolute Gasteiger partial charge is 0.129 e. The lowest BCUT2D eigenvalue weighted by atomic mass is 10.2. The van der Waals surface area contributed by atoms with Crippen LogP contribution in [0.2, 0.25) is 0 Å². The minimum Gasteiger partial charge on any atom is -0.396 e. The second-order valence-electron chi connectivity index (χ2n) is 3.67. The number of unbranched alkanes of at least 4 members (excludes halogenated alkanes) is 1. The Balaban J connectivity index is 3.37. The number of aliphatic hydroxyl groups excluding tert-OH is 1. The summed E-state index contributed by atoms with van der Waals surface area (Å²) < 4.78 is 0. The molecule has 0 spiro atoms. The average Bonchev–Trinajstić information content (AvgIpc) is 2.16. The molecule has 84 valence electrons. The highest BCUT2D eigenvalue weighted by molar-refractivity contribution is 5.75. The van der Waals surface area contributed by atoms with Crippen LogP contribution in [0.15, 0.2) is 0 Å². The number of rotatable bonds is 9. The van der Waals surface area contributed by atoms with Gasteiger partial charge >= 0.3 is 0 Å². The standard InChI is InChI=1S/C11H23NO2/c1-3-12(9-6-10-13)8-5-4-7-11(2)14/h13H,3-10H2,1-2H3. The molecule has 3 heteroatoms. The quantitative estimate of drug-likeness (QED) is 0.574. The number of ketones is 1. The lowest BCUT2D eigenvalue weighted by Gasteiger charge is -2.19. The maximum atomic E-state index is 10.7. The van der Waals surface area contributed by atoms with E-state index in [0.29, 0.717) is 6.42 Å². The molecule has 0 aliphatic heterocycles. The molecule has 0 bridgehead atoms. The van der Waals surface area contributed by atoms with E-state index in [1.54, 1.807) is 6.92 Å². The van der Waals surface area contributed by atoms with Crippen LogP contribution in [0.1, 0.15) is 39.5 Å². The van der Waals surface area contributed by atoms with Gasteiger partial charge < -0.3 is 14.8 Å². The van der Waals surface area contributed by atoms with Crippen molar-refractivity contribution in [3.63, 3.8) is 0 Å². The van der Waals surface area contributed by atoms with Gasteiger partial charge in [-0.1, -0.05) is 6.92 Å². The Bertz CT molecular complexity index is 148. The fraction of sp³-hybridized carbons (Fsp3) is 0.909. The largest absolute Gasteiger partial charge is 0.396 e. The van der Waals surface area contributed by atoms with E-state index in [9.17, 15) is 4.79 Å². The Morgan fingerprint density at radius 1 is 1.21 bits per heavy atom. The van der Waals surface area contributed by atoms with E-state index in [4.69, 9.17) is 5.11 Å². The van der Waals surface area contributed by atoms with Gasteiger partial charge in [-0.15, -0.1) is 0 Å². The number of nitrogens with zero attached hydrogens (tertiary/aromatic N) is 1. The Labute approximate surface area is 87.1 Å². The summed E-state index contributed by atoms with van der Waals surface area (Å²) in [5.74, 6) is 0.281. The lowest BCUT2D eigenvalue weighted by molar-refractivity contribution is -0.117. The fourth-order valence-electron chi connectivity index (χ4n) is 1.43. The van der Waals surface area contributed by atoms with Gasteiger partial charge in [-0.25, -0.2) is 0 Å². The number of carbonyl (C=O) groups excluding carboxylic acids is 1. The van der Waals surface area contributed by atoms with Crippen molar-refractivity contribution in [2.45, 2.75) is 39.5 Å². The zero-order valence-corrected chi connectivity index (χ0v) is 9.46. The Morgan fingerprint density at radius 3 is 2.36 bits per heavy atom. The maximum absolute atomic E-state index is 10.7. The van der Waals surface area contributed by atoms with Gasteiger partial charge in [0.1, 0.15) is 5.78 Å². The van der Waals surface area contributed by atoms with Gasteiger partial charge in [-0.2, -0.15) is 0 Å². The Kier molecular flexibility index (Phi) is 8.89. The van der Waals surface area contributed by atoms with Crippen molar-refractivity contribution in [2.24, 2.45) is 0 Å². The van der Waals surface area contributed by atoms with Crippen molar-refractivity contribution in [2.75, 3.05) is 26.2 Å². The molecule has 0 atom stereocenters. The first-order valence-electron chi connectivity index (χ1n) is 5.53. The van der Waals surface area contributed by atoms with Crippen molar-refractivity contribution in [3.05, 3.63) is 0 Å². The molecule has 1 N–H and O–H groups in total. The summed E-state index contributed by atoms with van der Waals surface area (Å²) in [4.78, 5) is 13.0. The molecule has 0 saturated carbocycles. The molecule has 0 aliphatic carbocycles. The van der Waals surface area contributed by atoms with E-state index < -0.39 is 0 Å². The minimum absolute atomic E-state index is 0.268. The van der Waals surface area contributed by atoms with Crippen molar-refractivity contribution in [1.82, 2.24) is 4.90 Å². The molecule has 0 rings (SSSR count). The van der Waals surface area contributed by atoms with Crippen LogP contribution >= 0.6 is 0 Å². The topological polar surface area (TPSA) is 40.5 Å². The summed E-state index contributed by atoms with van der Waals surface area (Å²) in [5.41, 5.74) is 0. The van der Waals surface area contributed by atoms with E-state index in [-0.39, 0.29) is 12.4 Å². The number of Topliss-reactive ketones (excluding diaryl/α,β-unsaturated/α-hetero) is 1. The zero-order chi connectivity index (χ0) is 10.8. The normalized spacial score (nSPS) is 10.9. The monoisotopic (exact) mass is 201 g/mol. The summed E-state index contributed by atoms with van der Waals surface area (Å²) in [6.45, 7) is 7.08. The molecule has 0 aromatic rings. The molecule has 14 heavy (non-hydrogen) atoms. The molecule has 3 nitrogen and oxygen atoms in total. The van der Waals surface area contributed by atoms with Crippen LogP contribution in [0.5, 0.6) is 0 Å². The molecule has 0 unspecified atom stereocenters. The highest BCUT2D eigenvalue weighted by Gasteiger charge is 2.01. The van der Waals surface area contributed by atoms with Gasteiger partial charge in [0.05, 0.1) is 0 Å². The van der Waals surface area contributed by atoms with Crippen molar-refractivity contribution < 1.29 is 9.90 Å². The molecule has 0 fully saturated rings. The van der Waals surface area contributed by atoms with E-state index in [0.717, 1.165) is 38.9 Å². The van der Waals surface area contributed by atoms with Gasteiger partial charge in [-0.05, 0) is 39.3 Å². The molecule has 0 amide bonds. The zero-order valence-electron chi connectivity index (χ0n) is 9.46. The third-order valence-corrected chi connectivity index (χ3v) is 2.33. The maximum Gasteiger partial charge on any atom is 0.129 e. The summed E-state index contributed by atoms with van der Waals surface area (Å²) in [7, 11) is 0. The molecule has 0 heterocycles. The van der Waals surface area contributed by atoms with Crippen LogP contribution in [-0.2, 0) is 4.79 Å². The van der Waals surface area contributed by atoms with Crippen LogP contribution in [0, 0.1) is 0 Å². The third-order valence-electron chi connectivity index (χ3n) is 2.33. The summed E-state index contributed by atoms with van der Waals surface area (Å²) >= 11 is 0. The van der Waals surface area contributed by atoms with Crippen LogP contribution in [0.3, 0.4) is 0 Å². The van der Waals surface area contributed by atoms with Gasteiger partial charge in [0.25, 0.3) is 0 Å². The second-order valence-corrected chi connectivity index (χ2v) is 3.67. The van der Waals surface area contributed by atoms with Crippen molar-refractivity contribution in [1.29, 1.82) is 0 Å². The Morgan fingerprint density at radius 2 is 1.86 bits per heavy atom. The molecule has 0 saturated heterocycles. The average molecular weight is 201 g/mol. The van der Waals surface area contributed by atoms with Crippen LogP contribution in [0.4, 0.5) is 0 Å². The molecule has 0 aliphatic rings. The second kappa shape index (κ2) is 9.16. The summed E-state index contributed by atoms with van der Waals surface area (Å²) in [6.07, 6.45) is 3.63. The van der Waals surface area contributed by atoms with E-state index in [1.807, 2.05) is 0 Å². The molecule has 0 aromatic heterocycles. The molecular weight excluding hydrogens is 178 g/mol. The predicted molar refractivity (Wildman–Crippen MR) is 58.3 cm³/mol. The van der Waals surface area contributed by atoms with Gasteiger partial charge in [-0.3, -0.25) is 0 Å². The van der Waals surface area contributed by atoms with Crippen LogP contribution in [-0.4, -0.2) is 42.0 Å². The lowest BCUT2D eigenvalue weighted by Crippen LogP contribution is -2.26. The summed E-state index contributed by atoms with van der Waals surface area (Å²) in [6, 6.07) is 0. The van der Waals surface area contributed by atoms with Gasteiger partial charge in [0, 0.05) is 19.6 Å². The molecule has 0 radical (unpaired) electrons. The van der Waals surface area contributed by atoms with Crippen LogP contribution in [0.25, 0.3) is 0 Å². The number of hydrogen-bond acceptors (Lipinski definition) is 3. The highest BCUT2D eigenvalue weighted by Crippen LogP contribution is 2.00. The van der Waals surface area contributed by atoms with E-state index >= 15 is 0 Å². The predicted octanol–water partition coefficient (Wildman–Crippen LogP) is 1.45. The number of aliphatic hydroxyl groups is 1.